The first-order valence-corrected chi connectivity index (χ1v) is 7.10. The van der Waals surface area contributed by atoms with Gasteiger partial charge in [0.25, 0.3) is 5.91 Å². The SMILES string of the molecule is COCCn1cccc1C(=O)Nc1ccc(F)cc1I. The Kier molecular flexibility index (Phi) is 5.13. The van der Waals surface area contributed by atoms with Crippen LogP contribution in [-0.2, 0) is 11.3 Å². The molecule has 1 aromatic heterocycles. The van der Waals surface area contributed by atoms with E-state index in [1.165, 1.54) is 12.1 Å². The Morgan fingerprint density at radius 1 is 1.45 bits per heavy atom. The standard InChI is InChI=1S/C14H14FIN2O2/c1-20-8-7-18-6-2-3-13(18)14(19)17-12-5-4-10(15)9-11(12)16/h2-6,9H,7-8H2,1H3,(H,17,19). The molecule has 2 aromatic rings. The number of hydrogen-bond acceptors (Lipinski definition) is 2. The van der Waals surface area contributed by atoms with Gasteiger partial charge < -0.3 is 14.6 Å². The Morgan fingerprint density at radius 2 is 2.25 bits per heavy atom. The maximum absolute atomic E-state index is 13.0. The van der Waals surface area contributed by atoms with Gasteiger partial charge in [-0.05, 0) is 52.9 Å². The normalized spacial score (nSPS) is 10.6. The molecular formula is C14H14FIN2O2. The van der Waals surface area contributed by atoms with Gasteiger partial charge in [0, 0.05) is 23.4 Å². The van der Waals surface area contributed by atoms with Crippen LogP contribution >= 0.6 is 22.6 Å². The Morgan fingerprint density at radius 3 is 2.95 bits per heavy atom. The van der Waals surface area contributed by atoms with E-state index >= 15 is 0 Å². The smallest absolute Gasteiger partial charge is 0.272 e. The highest BCUT2D eigenvalue weighted by Crippen LogP contribution is 2.20. The third kappa shape index (κ3) is 3.57. The Bertz CT molecular complexity index is 613. The fourth-order valence-corrected chi connectivity index (χ4v) is 2.39. The van der Waals surface area contributed by atoms with E-state index < -0.39 is 0 Å². The predicted octanol–water partition coefficient (Wildman–Crippen LogP) is 3.13. The molecule has 0 aliphatic carbocycles. The number of rotatable bonds is 5. The van der Waals surface area contributed by atoms with Crippen LogP contribution in [0, 0.1) is 9.39 Å². The summed E-state index contributed by atoms with van der Waals surface area (Å²) in [4.78, 5) is 12.2. The zero-order valence-electron chi connectivity index (χ0n) is 10.9. The fraction of sp³-hybridized carbons (Fsp3) is 0.214. The zero-order valence-corrected chi connectivity index (χ0v) is 13.1. The average Bonchev–Trinajstić information content (AvgIpc) is 2.88. The lowest BCUT2D eigenvalue weighted by atomic mass is 10.3. The number of amides is 1. The number of nitrogens with one attached hydrogen (secondary N) is 1. The molecule has 1 N–H and O–H groups in total. The molecule has 0 aliphatic heterocycles. The molecule has 0 unspecified atom stereocenters. The lowest BCUT2D eigenvalue weighted by Crippen LogP contribution is -2.18. The maximum Gasteiger partial charge on any atom is 0.272 e. The zero-order chi connectivity index (χ0) is 14.5. The van der Waals surface area contributed by atoms with Crippen LogP contribution in [0.5, 0.6) is 0 Å². The summed E-state index contributed by atoms with van der Waals surface area (Å²) in [6.45, 7) is 1.13. The van der Waals surface area contributed by atoms with E-state index in [0.717, 1.165) is 0 Å². The van der Waals surface area contributed by atoms with Crippen molar-refractivity contribution in [2.45, 2.75) is 6.54 Å². The van der Waals surface area contributed by atoms with Crippen LogP contribution in [0.25, 0.3) is 0 Å². The van der Waals surface area contributed by atoms with Gasteiger partial charge in [-0.2, -0.15) is 0 Å². The van der Waals surface area contributed by atoms with Crippen molar-refractivity contribution in [1.82, 2.24) is 4.57 Å². The van der Waals surface area contributed by atoms with Gasteiger partial charge in [-0.1, -0.05) is 0 Å². The second kappa shape index (κ2) is 6.85. The van der Waals surface area contributed by atoms with E-state index in [0.29, 0.717) is 28.1 Å². The first kappa shape index (κ1) is 15.0. The van der Waals surface area contributed by atoms with E-state index in [1.54, 1.807) is 25.3 Å². The van der Waals surface area contributed by atoms with Crippen molar-refractivity contribution < 1.29 is 13.9 Å². The highest BCUT2D eigenvalue weighted by atomic mass is 127. The summed E-state index contributed by atoms with van der Waals surface area (Å²) in [5.41, 5.74) is 1.14. The molecule has 1 aromatic carbocycles. The Hall–Kier alpha value is -1.41. The number of halogens is 2. The van der Waals surface area contributed by atoms with Crippen molar-refractivity contribution >= 4 is 34.2 Å². The largest absolute Gasteiger partial charge is 0.383 e. The minimum atomic E-state index is -0.323. The summed E-state index contributed by atoms with van der Waals surface area (Å²) in [6, 6.07) is 7.79. The lowest BCUT2D eigenvalue weighted by molar-refractivity contribution is 0.101. The monoisotopic (exact) mass is 388 g/mol. The van der Waals surface area contributed by atoms with Crippen LogP contribution in [-0.4, -0.2) is 24.2 Å². The second-order valence-corrected chi connectivity index (χ2v) is 5.32. The van der Waals surface area contributed by atoms with Crippen LogP contribution in [0.2, 0.25) is 0 Å². The second-order valence-electron chi connectivity index (χ2n) is 4.16. The van der Waals surface area contributed by atoms with E-state index in [1.807, 2.05) is 33.4 Å². The highest BCUT2D eigenvalue weighted by molar-refractivity contribution is 14.1. The lowest BCUT2D eigenvalue weighted by Gasteiger charge is -2.10. The predicted molar refractivity (Wildman–Crippen MR) is 83.4 cm³/mol. The first-order chi connectivity index (χ1) is 9.61. The van der Waals surface area contributed by atoms with Crippen molar-refractivity contribution in [3.8, 4) is 0 Å². The molecule has 0 aliphatic rings. The molecule has 2 rings (SSSR count). The third-order valence-corrected chi connectivity index (χ3v) is 3.67. The molecule has 0 spiro atoms. The maximum atomic E-state index is 13.0. The van der Waals surface area contributed by atoms with E-state index in [2.05, 4.69) is 5.32 Å². The summed E-state index contributed by atoms with van der Waals surface area (Å²) in [7, 11) is 1.62. The molecule has 106 valence electrons. The average molecular weight is 388 g/mol. The number of hydrogen-bond donors (Lipinski definition) is 1. The van der Waals surface area contributed by atoms with Crippen LogP contribution in [0.15, 0.2) is 36.5 Å². The van der Waals surface area contributed by atoms with Crippen molar-refractivity contribution in [2.75, 3.05) is 19.0 Å². The molecule has 0 atom stereocenters. The minimum absolute atomic E-state index is 0.226. The number of methoxy groups -OCH3 is 1. The number of benzene rings is 1. The number of carbonyl (C=O) groups excluding carboxylic acids is 1. The number of aromatic nitrogens is 1. The Labute approximate surface area is 130 Å². The van der Waals surface area contributed by atoms with Crippen molar-refractivity contribution in [3.05, 3.63) is 51.6 Å². The number of anilines is 1. The highest BCUT2D eigenvalue weighted by Gasteiger charge is 2.12. The van der Waals surface area contributed by atoms with Crippen LogP contribution in [0.1, 0.15) is 10.5 Å². The van der Waals surface area contributed by atoms with Gasteiger partial charge >= 0.3 is 0 Å². The van der Waals surface area contributed by atoms with Crippen LogP contribution in [0.4, 0.5) is 10.1 Å². The quantitative estimate of drug-likeness (QED) is 0.800. The summed E-state index contributed by atoms with van der Waals surface area (Å²) in [6.07, 6.45) is 1.82. The van der Waals surface area contributed by atoms with E-state index in [-0.39, 0.29) is 11.7 Å². The Balaban J connectivity index is 2.14. The summed E-state index contributed by atoms with van der Waals surface area (Å²) < 4.78 is 20.5. The molecule has 20 heavy (non-hydrogen) atoms. The molecule has 0 saturated carbocycles. The molecule has 1 heterocycles. The molecule has 0 radical (unpaired) electrons. The van der Waals surface area contributed by atoms with Gasteiger partial charge in [-0.15, -0.1) is 0 Å². The van der Waals surface area contributed by atoms with Crippen LogP contribution < -0.4 is 5.32 Å². The van der Waals surface area contributed by atoms with Gasteiger partial charge in [-0.3, -0.25) is 4.79 Å². The fourth-order valence-electron chi connectivity index (χ4n) is 1.78. The summed E-state index contributed by atoms with van der Waals surface area (Å²) >= 11 is 1.99. The van der Waals surface area contributed by atoms with E-state index in [9.17, 15) is 9.18 Å². The van der Waals surface area contributed by atoms with Crippen molar-refractivity contribution in [3.63, 3.8) is 0 Å². The third-order valence-electron chi connectivity index (χ3n) is 2.78. The molecule has 4 nitrogen and oxygen atoms in total. The molecule has 1 amide bonds. The van der Waals surface area contributed by atoms with Crippen molar-refractivity contribution in [1.29, 1.82) is 0 Å². The molecular weight excluding hydrogens is 374 g/mol. The molecule has 6 heteroatoms. The van der Waals surface area contributed by atoms with Gasteiger partial charge in [0.2, 0.25) is 0 Å². The molecule has 0 bridgehead atoms. The summed E-state index contributed by atoms with van der Waals surface area (Å²) in [5.74, 6) is -0.550. The molecule has 0 saturated heterocycles. The van der Waals surface area contributed by atoms with Gasteiger partial charge in [0.05, 0.1) is 12.3 Å². The topological polar surface area (TPSA) is 43.3 Å². The molecule has 0 fully saturated rings. The van der Waals surface area contributed by atoms with Gasteiger partial charge in [-0.25, -0.2) is 4.39 Å². The van der Waals surface area contributed by atoms with Crippen LogP contribution in [0.3, 0.4) is 0 Å². The van der Waals surface area contributed by atoms with Crippen molar-refractivity contribution in [2.24, 2.45) is 0 Å². The minimum Gasteiger partial charge on any atom is -0.383 e. The van der Waals surface area contributed by atoms with Gasteiger partial charge in [0.15, 0.2) is 0 Å². The first-order valence-electron chi connectivity index (χ1n) is 6.02. The summed E-state index contributed by atoms with van der Waals surface area (Å²) in [5, 5.41) is 2.78. The number of nitrogens with zero attached hydrogens (tertiary/aromatic N) is 1. The number of carbonyl (C=O) groups is 1. The van der Waals surface area contributed by atoms with E-state index in [4.69, 9.17) is 4.74 Å². The van der Waals surface area contributed by atoms with Gasteiger partial charge in [0.1, 0.15) is 11.5 Å². The number of ether oxygens (including phenoxy) is 1.